The lowest BCUT2D eigenvalue weighted by atomic mass is 9.91. The highest BCUT2D eigenvalue weighted by Crippen LogP contribution is 2.23. The summed E-state index contributed by atoms with van der Waals surface area (Å²) in [4.78, 5) is 42.9. The number of nitrogens with zero attached hydrogens (tertiary/aromatic N) is 3. The van der Waals surface area contributed by atoms with Crippen molar-refractivity contribution in [3.05, 3.63) is 28.4 Å². The van der Waals surface area contributed by atoms with Gasteiger partial charge in [-0.25, -0.2) is 4.98 Å². The minimum absolute atomic E-state index is 0.0124. The summed E-state index contributed by atoms with van der Waals surface area (Å²) in [7, 11) is 0. The monoisotopic (exact) mass is 374 g/mol. The minimum Gasteiger partial charge on any atom is -0.356 e. The van der Waals surface area contributed by atoms with Crippen LogP contribution in [0.5, 0.6) is 0 Å². The third-order valence-corrected chi connectivity index (χ3v) is 5.63. The SMILES string of the molecule is CC(C)(C)c1cc(=O)n(CC2CCN(C(=O)C3CCNC(=O)C3)CC2)cn1. The molecule has 0 saturated carbocycles. The van der Waals surface area contributed by atoms with Crippen molar-refractivity contribution in [2.45, 2.75) is 58.4 Å². The summed E-state index contributed by atoms with van der Waals surface area (Å²) in [6.45, 7) is 8.76. The molecule has 0 spiro atoms. The van der Waals surface area contributed by atoms with E-state index in [1.165, 1.54) is 0 Å². The molecule has 2 aliphatic rings. The number of carbonyl (C=O) groups is 2. The first kappa shape index (κ1) is 19.6. The largest absolute Gasteiger partial charge is 0.356 e. The normalized spacial score (nSPS) is 21.8. The highest BCUT2D eigenvalue weighted by atomic mass is 16.2. The molecule has 27 heavy (non-hydrogen) atoms. The van der Waals surface area contributed by atoms with Gasteiger partial charge in [-0.3, -0.25) is 19.0 Å². The molecule has 1 atom stereocenters. The van der Waals surface area contributed by atoms with Crippen LogP contribution in [-0.4, -0.2) is 45.9 Å². The average molecular weight is 374 g/mol. The fourth-order valence-electron chi connectivity index (χ4n) is 3.84. The van der Waals surface area contributed by atoms with Crippen LogP contribution in [0, 0.1) is 11.8 Å². The molecule has 1 unspecified atom stereocenters. The Morgan fingerprint density at radius 2 is 1.93 bits per heavy atom. The predicted octanol–water partition coefficient (Wildman–Crippen LogP) is 1.31. The quantitative estimate of drug-likeness (QED) is 0.864. The molecule has 7 heteroatoms. The average Bonchev–Trinajstić information content (AvgIpc) is 2.62. The molecule has 1 aromatic rings. The van der Waals surface area contributed by atoms with Gasteiger partial charge in [0.05, 0.1) is 12.0 Å². The summed E-state index contributed by atoms with van der Waals surface area (Å²) in [5, 5.41) is 2.77. The maximum atomic E-state index is 12.6. The summed E-state index contributed by atoms with van der Waals surface area (Å²) >= 11 is 0. The van der Waals surface area contributed by atoms with Crippen molar-refractivity contribution in [2.24, 2.45) is 11.8 Å². The molecule has 2 saturated heterocycles. The molecule has 0 aromatic carbocycles. The molecular weight excluding hydrogens is 344 g/mol. The van der Waals surface area contributed by atoms with E-state index in [0.29, 0.717) is 38.5 Å². The van der Waals surface area contributed by atoms with Crippen molar-refractivity contribution in [1.29, 1.82) is 0 Å². The maximum Gasteiger partial charge on any atom is 0.253 e. The number of hydrogen-bond donors (Lipinski definition) is 1. The van der Waals surface area contributed by atoms with Gasteiger partial charge in [-0.2, -0.15) is 0 Å². The molecule has 2 aliphatic heterocycles. The Kier molecular flexibility index (Phi) is 5.67. The van der Waals surface area contributed by atoms with E-state index in [9.17, 15) is 14.4 Å². The second-order valence-corrected chi connectivity index (χ2v) is 8.82. The number of amides is 2. The lowest BCUT2D eigenvalue weighted by Gasteiger charge is -2.35. The standard InChI is InChI=1S/C20H30N4O3/c1-20(2,3)16-11-18(26)24(13-22-16)12-14-5-8-23(9-6-14)19(27)15-4-7-21-17(25)10-15/h11,13-15H,4-10,12H2,1-3H3,(H,21,25). The van der Waals surface area contributed by atoms with Gasteiger partial charge < -0.3 is 10.2 Å². The molecule has 1 N–H and O–H groups in total. The summed E-state index contributed by atoms with van der Waals surface area (Å²) < 4.78 is 1.68. The zero-order chi connectivity index (χ0) is 19.6. The predicted molar refractivity (Wildman–Crippen MR) is 102 cm³/mol. The van der Waals surface area contributed by atoms with Gasteiger partial charge in [-0.05, 0) is 25.2 Å². The van der Waals surface area contributed by atoms with Crippen LogP contribution in [0.25, 0.3) is 0 Å². The minimum atomic E-state index is -0.174. The summed E-state index contributed by atoms with van der Waals surface area (Å²) in [5.74, 6) is 0.271. The summed E-state index contributed by atoms with van der Waals surface area (Å²) in [6.07, 6.45) is 4.43. The molecule has 3 heterocycles. The van der Waals surface area contributed by atoms with Crippen molar-refractivity contribution in [3.63, 3.8) is 0 Å². The van der Waals surface area contributed by atoms with Crippen LogP contribution in [0.1, 0.15) is 52.1 Å². The van der Waals surface area contributed by atoms with Crippen LogP contribution in [0.3, 0.4) is 0 Å². The van der Waals surface area contributed by atoms with E-state index in [0.717, 1.165) is 25.0 Å². The number of nitrogens with one attached hydrogen (secondary N) is 1. The molecule has 3 rings (SSSR count). The van der Waals surface area contributed by atoms with Crippen molar-refractivity contribution in [2.75, 3.05) is 19.6 Å². The third-order valence-electron chi connectivity index (χ3n) is 5.63. The Balaban J connectivity index is 1.54. The van der Waals surface area contributed by atoms with Gasteiger partial charge in [0.25, 0.3) is 5.56 Å². The second kappa shape index (κ2) is 7.82. The van der Waals surface area contributed by atoms with Gasteiger partial charge in [0.15, 0.2) is 0 Å². The van der Waals surface area contributed by atoms with Gasteiger partial charge in [0.2, 0.25) is 11.8 Å². The van der Waals surface area contributed by atoms with Crippen LogP contribution >= 0.6 is 0 Å². The van der Waals surface area contributed by atoms with E-state index < -0.39 is 0 Å². The Labute approximate surface area is 160 Å². The number of carbonyl (C=O) groups excluding carboxylic acids is 2. The Morgan fingerprint density at radius 1 is 1.22 bits per heavy atom. The summed E-state index contributed by atoms with van der Waals surface area (Å²) in [5.41, 5.74) is 0.655. The number of rotatable bonds is 3. The zero-order valence-corrected chi connectivity index (χ0v) is 16.5. The topological polar surface area (TPSA) is 84.3 Å². The number of hydrogen-bond acceptors (Lipinski definition) is 4. The van der Waals surface area contributed by atoms with Gasteiger partial charge in [0.1, 0.15) is 0 Å². The Bertz CT molecular complexity index is 757. The Hall–Kier alpha value is -2.18. The molecule has 1 aromatic heterocycles. The molecule has 2 amide bonds. The maximum absolute atomic E-state index is 12.6. The van der Waals surface area contributed by atoms with E-state index in [4.69, 9.17) is 0 Å². The van der Waals surface area contributed by atoms with E-state index in [1.54, 1.807) is 17.0 Å². The van der Waals surface area contributed by atoms with Crippen molar-refractivity contribution in [1.82, 2.24) is 19.8 Å². The van der Waals surface area contributed by atoms with E-state index in [2.05, 4.69) is 10.3 Å². The van der Waals surface area contributed by atoms with E-state index in [1.807, 2.05) is 25.7 Å². The number of piperidine rings is 2. The fourth-order valence-corrected chi connectivity index (χ4v) is 3.84. The number of likely N-dealkylation sites (tertiary alicyclic amines) is 1. The van der Waals surface area contributed by atoms with Crippen LogP contribution in [0.2, 0.25) is 0 Å². The van der Waals surface area contributed by atoms with E-state index >= 15 is 0 Å². The van der Waals surface area contributed by atoms with Gasteiger partial charge in [-0.15, -0.1) is 0 Å². The molecular formula is C20H30N4O3. The van der Waals surface area contributed by atoms with Crippen molar-refractivity contribution in [3.8, 4) is 0 Å². The van der Waals surface area contributed by atoms with Crippen LogP contribution in [0.15, 0.2) is 17.2 Å². The molecule has 0 aliphatic carbocycles. The van der Waals surface area contributed by atoms with Crippen molar-refractivity contribution >= 4 is 11.8 Å². The van der Waals surface area contributed by atoms with Crippen molar-refractivity contribution < 1.29 is 9.59 Å². The zero-order valence-electron chi connectivity index (χ0n) is 16.5. The first-order valence-corrected chi connectivity index (χ1v) is 9.86. The molecule has 7 nitrogen and oxygen atoms in total. The lowest BCUT2D eigenvalue weighted by Crippen LogP contribution is -2.46. The lowest BCUT2D eigenvalue weighted by molar-refractivity contribution is -0.141. The van der Waals surface area contributed by atoms with Crippen LogP contribution < -0.4 is 10.9 Å². The van der Waals surface area contributed by atoms with Gasteiger partial charge >= 0.3 is 0 Å². The second-order valence-electron chi connectivity index (χ2n) is 8.82. The first-order chi connectivity index (χ1) is 12.7. The number of aromatic nitrogens is 2. The third kappa shape index (κ3) is 4.76. The highest BCUT2D eigenvalue weighted by Gasteiger charge is 2.31. The van der Waals surface area contributed by atoms with Crippen LogP contribution in [0.4, 0.5) is 0 Å². The molecule has 148 valence electrons. The molecule has 0 radical (unpaired) electrons. The van der Waals surface area contributed by atoms with Gasteiger partial charge in [0, 0.05) is 50.0 Å². The molecule has 0 bridgehead atoms. The first-order valence-electron chi connectivity index (χ1n) is 9.86. The van der Waals surface area contributed by atoms with E-state index in [-0.39, 0.29) is 28.7 Å². The Morgan fingerprint density at radius 3 is 2.52 bits per heavy atom. The highest BCUT2D eigenvalue weighted by molar-refractivity contribution is 5.86. The smallest absolute Gasteiger partial charge is 0.253 e. The summed E-state index contributed by atoms with van der Waals surface area (Å²) in [6, 6.07) is 1.63. The van der Waals surface area contributed by atoms with Crippen LogP contribution in [-0.2, 0) is 21.5 Å². The van der Waals surface area contributed by atoms with Gasteiger partial charge in [-0.1, -0.05) is 20.8 Å². The molecule has 2 fully saturated rings. The fraction of sp³-hybridized carbons (Fsp3) is 0.700.